The van der Waals surface area contributed by atoms with E-state index in [0.29, 0.717) is 32.5 Å². The molecule has 1 saturated heterocycles. The van der Waals surface area contributed by atoms with Crippen LogP contribution in [0.2, 0.25) is 0 Å². The van der Waals surface area contributed by atoms with Gasteiger partial charge in [-0.25, -0.2) is 0 Å². The minimum absolute atomic E-state index is 0.0370. The summed E-state index contributed by atoms with van der Waals surface area (Å²) in [5, 5.41) is 11.5. The molecule has 1 fully saturated rings. The number of nitrogens with zero attached hydrogens (tertiary/aromatic N) is 1. The Balaban J connectivity index is 2.65. The number of aliphatic carboxylic acids is 1. The SMILES string of the molecule is CC(C)(CCN)CCC(=O)N1CCNC(=O)C1CC(=O)O. The lowest BCUT2D eigenvalue weighted by Gasteiger charge is -2.35. The van der Waals surface area contributed by atoms with Crippen molar-refractivity contribution in [3.8, 4) is 0 Å². The van der Waals surface area contributed by atoms with Crippen molar-refractivity contribution in [2.45, 2.75) is 45.6 Å². The molecule has 0 saturated carbocycles. The van der Waals surface area contributed by atoms with Gasteiger partial charge in [-0.1, -0.05) is 13.8 Å². The van der Waals surface area contributed by atoms with Gasteiger partial charge in [-0.15, -0.1) is 0 Å². The first-order chi connectivity index (χ1) is 9.76. The molecular formula is C14H25N3O4. The van der Waals surface area contributed by atoms with Gasteiger partial charge in [0.15, 0.2) is 0 Å². The number of rotatable bonds is 7. The van der Waals surface area contributed by atoms with Crippen LogP contribution < -0.4 is 11.1 Å². The van der Waals surface area contributed by atoms with Crippen molar-refractivity contribution in [2.75, 3.05) is 19.6 Å². The zero-order chi connectivity index (χ0) is 16.0. The van der Waals surface area contributed by atoms with E-state index in [0.717, 1.165) is 6.42 Å². The summed E-state index contributed by atoms with van der Waals surface area (Å²) in [6.45, 7) is 5.39. The Hall–Kier alpha value is -1.63. The lowest BCUT2D eigenvalue weighted by Crippen LogP contribution is -2.57. The van der Waals surface area contributed by atoms with E-state index in [1.165, 1.54) is 4.90 Å². The van der Waals surface area contributed by atoms with Gasteiger partial charge in [0.2, 0.25) is 11.8 Å². The quantitative estimate of drug-likeness (QED) is 0.610. The molecule has 0 aromatic carbocycles. The summed E-state index contributed by atoms with van der Waals surface area (Å²) in [4.78, 5) is 36.3. The Morgan fingerprint density at radius 1 is 1.43 bits per heavy atom. The molecule has 7 nitrogen and oxygen atoms in total. The van der Waals surface area contributed by atoms with Crippen LogP contribution in [0.3, 0.4) is 0 Å². The van der Waals surface area contributed by atoms with Gasteiger partial charge in [-0.3, -0.25) is 14.4 Å². The van der Waals surface area contributed by atoms with Crippen molar-refractivity contribution in [3.05, 3.63) is 0 Å². The number of piperazine rings is 1. The van der Waals surface area contributed by atoms with E-state index >= 15 is 0 Å². The molecule has 120 valence electrons. The highest BCUT2D eigenvalue weighted by Gasteiger charge is 2.34. The maximum absolute atomic E-state index is 12.3. The molecule has 0 aromatic rings. The molecule has 7 heteroatoms. The summed E-state index contributed by atoms with van der Waals surface area (Å²) >= 11 is 0. The van der Waals surface area contributed by atoms with Crippen LogP contribution in [-0.4, -0.2) is 53.5 Å². The summed E-state index contributed by atoms with van der Waals surface area (Å²) in [6.07, 6.45) is 1.43. The molecule has 0 aliphatic carbocycles. The number of nitrogens with two attached hydrogens (primary N) is 1. The Morgan fingerprint density at radius 2 is 2.10 bits per heavy atom. The lowest BCUT2D eigenvalue weighted by atomic mass is 9.84. The summed E-state index contributed by atoms with van der Waals surface area (Å²) in [5.41, 5.74) is 5.51. The Bertz CT molecular complexity index is 409. The first-order valence-electron chi connectivity index (χ1n) is 7.26. The molecule has 0 aromatic heterocycles. The van der Waals surface area contributed by atoms with Gasteiger partial charge < -0.3 is 21.1 Å². The normalized spacial score (nSPS) is 19.3. The summed E-state index contributed by atoms with van der Waals surface area (Å²) in [7, 11) is 0. The second kappa shape index (κ2) is 7.40. The van der Waals surface area contributed by atoms with Gasteiger partial charge in [0.05, 0.1) is 6.42 Å². The van der Waals surface area contributed by atoms with E-state index in [4.69, 9.17) is 10.8 Å². The van der Waals surface area contributed by atoms with Crippen molar-refractivity contribution in [1.82, 2.24) is 10.2 Å². The molecule has 1 aliphatic rings. The summed E-state index contributed by atoms with van der Waals surface area (Å²) in [5.74, 6) is -1.64. The molecule has 0 bridgehead atoms. The standard InChI is InChI=1S/C14H25N3O4/c1-14(2,5-6-15)4-3-11(18)17-8-7-16-13(21)10(17)9-12(19)20/h10H,3-9,15H2,1-2H3,(H,16,21)(H,19,20). The number of hydrogen-bond donors (Lipinski definition) is 3. The Kier molecular flexibility index (Phi) is 6.14. The van der Waals surface area contributed by atoms with Crippen LogP contribution in [0.4, 0.5) is 0 Å². The number of carboxylic acids is 1. The second-order valence-corrected chi connectivity index (χ2v) is 6.19. The second-order valence-electron chi connectivity index (χ2n) is 6.19. The number of carbonyl (C=O) groups excluding carboxylic acids is 2. The molecule has 4 N–H and O–H groups in total. The van der Waals surface area contributed by atoms with Crippen molar-refractivity contribution >= 4 is 17.8 Å². The zero-order valence-electron chi connectivity index (χ0n) is 12.7. The van der Waals surface area contributed by atoms with Gasteiger partial charge in [-0.2, -0.15) is 0 Å². The maximum Gasteiger partial charge on any atom is 0.305 e. The predicted molar refractivity (Wildman–Crippen MR) is 77.4 cm³/mol. The summed E-state index contributed by atoms with van der Waals surface area (Å²) < 4.78 is 0. The molecule has 1 rings (SSSR count). The first kappa shape index (κ1) is 17.4. The molecule has 1 atom stereocenters. The monoisotopic (exact) mass is 299 g/mol. The van der Waals surface area contributed by atoms with E-state index in [1.807, 2.05) is 13.8 Å². The van der Waals surface area contributed by atoms with Gasteiger partial charge in [0.25, 0.3) is 0 Å². The van der Waals surface area contributed by atoms with Gasteiger partial charge in [0.1, 0.15) is 6.04 Å². The third-order valence-corrected chi connectivity index (χ3v) is 3.86. The van der Waals surface area contributed by atoms with Gasteiger partial charge >= 0.3 is 5.97 Å². The molecule has 21 heavy (non-hydrogen) atoms. The van der Waals surface area contributed by atoms with Crippen molar-refractivity contribution < 1.29 is 19.5 Å². The van der Waals surface area contributed by atoms with E-state index in [1.54, 1.807) is 0 Å². The smallest absolute Gasteiger partial charge is 0.305 e. The molecule has 2 amide bonds. The lowest BCUT2D eigenvalue weighted by molar-refractivity contribution is -0.149. The number of amides is 2. The number of carboxylic acid groups (broad SMARTS) is 1. The fourth-order valence-corrected chi connectivity index (χ4v) is 2.49. The van der Waals surface area contributed by atoms with Crippen molar-refractivity contribution in [2.24, 2.45) is 11.1 Å². The zero-order valence-corrected chi connectivity index (χ0v) is 12.7. The van der Waals surface area contributed by atoms with E-state index in [9.17, 15) is 14.4 Å². The highest BCUT2D eigenvalue weighted by Crippen LogP contribution is 2.26. The molecule has 1 heterocycles. The highest BCUT2D eigenvalue weighted by molar-refractivity contribution is 5.91. The van der Waals surface area contributed by atoms with Gasteiger partial charge in [0, 0.05) is 19.5 Å². The average Bonchev–Trinajstić information content (AvgIpc) is 2.38. The Labute approximate surface area is 124 Å². The summed E-state index contributed by atoms with van der Waals surface area (Å²) in [6, 6.07) is -0.902. The highest BCUT2D eigenvalue weighted by atomic mass is 16.4. The van der Waals surface area contributed by atoms with Crippen molar-refractivity contribution in [3.63, 3.8) is 0 Å². The van der Waals surface area contributed by atoms with Crippen LogP contribution in [-0.2, 0) is 14.4 Å². The van der Waals surface area contributed by atoms with E-state index in [2.05, 4.69) is 5.32 Å². The third-order valence-electron chi connectivity index (χ3n) is 3.86. The third kappa shape index (κ3) is 5.34. The van der Waals surface area contributed by atoms with Crippen LogP contribution in [0.1, 0.15) is 39.5 Å². The van der Waals surface area contributed by atoms with Crippen molar-refractivity contribution in [1.29, 1.82) is 0 Å². The minimum Gasteiger partial charge on any atom is -0.481 e. The maximum atomic E-state index is 12.3. The molecule has 1 aliphatic heterocycles. The average molecular weight is 299 g/mol. The van der Waals surface area contributed by atoms with E-state index < -0.39 is 17.9 Å². The Morgan fingerprint density at radius 3 is 2.67 bits per heavy atom. The van der Waals surface area contributed by atoms with Crippen LogP contribution in [0.15, 0.2) is 0 Å². The van der Waals surface area contributed by atoms with E-state index in [-0.39, 0.29) is 17.7 Å². The topological polar surface area (TPSA) is 113 Å². The fourth-order valence-electron chi connectivity index (χ4n) is 2.49. The van der Waals surface area contributed by atoms with Crippen LogP contribution in [0, 0.1) is 5.41 Å². The number of carbonyl (C=O) groups is 3. The fraction of sp³-hybridized carbons (Fsp3) is 0.786. The molecule has 1 unspecified atom stereocenters. The minimum atomic E-state index is -1.08. The molecule has 0 spiro atoms. The van der Waals surface area contributed by atoms with Crippen LogP contribution in [0.25, 0.3) is 0 Å². The van der Waals surface area contributed by atoms with Crippen LogP contribution in [0.5, 0.6) is 0 Å². The number of nitrogens with one attached hydrogen (secondary N) is 1. The van der Waals surface area contributed by atoms with Crippen LogP contribution >= 0.6 is 0 Å². The van der Waals surface area contributed by atoms with Gasteiger partial charge in [-0.05, 0) is 24.8 Å². The molecular weight excluding hydrogens is 274 g/mol. The number of hydrogen-bond acceptors (Lipinski definition) is 4. The molecule has 0 radical (unpaired) electrons. The largest absolute Gasteiger partial charge is 0.481 e. The first-order valence-corrected chi connectivity index (χ1v) is 7.26. The predicted octanol–water partition coefficient (Wildman–Crippen LogP) is -0.0567.